The third-order valence-electron chi connectivity index (χ3n) is 3.42. The van der Waals surface area contributed by atoms with E-state index in [4.69, 9.17) is 4.74 Å². The van der Waals surface area contributed by atoms with Crippen molar-refractivity contribution in [3.8, 4) is 5.75 Å². The number of nitrogens with one attached hydrogen (secondary N) is 1. The van der Waals surface area contributed by atoms with Crippen LogP contribution < -0.4 is 15.0 Å². The van der Waals surface area contributed by atoms with Crippen LogP contribution in [0.1, 0.15) is 11.1 Å². The second-order valence-corrected chi connectivity index (χ2v) is 5.86. The number of ether oxygens (including phenoxy) is 1. The zero-order valence-electron chi connectivity index (χ0n) is 12.7. The smallest absolute Gasteiger partial charge is 0.118 e. The highest BCUT2D eigenvalue weighted by molar-refractivity contribution is 9.10. The molecule has 0 radical (unpaired) electrons. The predicted molar refractivity (Wildman–Crippen MR) is 92.0 cm³/mol. The molecule has 112 valence electrons. The molecule has 4 heteroatoms. The molecule has 0 unspecified atom stereocenters. The molecule has 3 nitrogen and oxygen atoms in total. The second kappa shape index (κ2) is 7.48. The van der Waals surface area contributed by atoms with E-state index in [2.05, 4.69) is 63.5 Å². The van der Waals surface area contributed by atoms with E-state index in [-0.39, 0.29) is 0 Å². The molecule has 2 aromatic carbocycles. The molecule has 2 rings (SSSR count). The first-order valence-electron chi connectivity index (χ1n) is 6.91. The summed E-state index contributed by atoms with van der Waals surface area (Å²) in [6.45, 7) is 1.73. The Labute approximate surface area is 135 Å². The van der Waals surface area contributed by atoms with Crippen molar-refractivity contribution in [2.24, 2.45) is 0 Å². The minimum atomic E-state index is 0.863. The number of halogens is 1. The lowest BCUT2D eigenvalue weighted by molar-refractivity contribution is 0.414. The van der Waals surface area contributed by atoms with E-state index in [1.54, 1.807) is 7.11 Å². The molecule has 1 N–H and O–H groups in total. The monoisotopic (exact) mass is 348 g/mol. The van der Waals surface area contributed by atoms with Gasteiger partial charge in [-0.25, -0.2) is 0 Å². The maximum Gasteiger partial charge on any atom is 0.118 e. The summed E-state index contributed by atoms with van der Waals surface area (Å²) in [5.41, 5.74) is 3.71. The van der Waals surface area contributed by atoms with Gasteiger partial charge in [0.05, 0.1) is 7.11 Å². The van der Waals surface area contributed by atoms with Crippen molar-refractivity contribution < 1.29 is 4.74 Å². The lowest BCUT2D eigenvalue weighted by Crippen LogP contribution is -2.16. The number of hydrogen-bond donors (Lipinski definition) is 1. The van der Waals surface area contributed by atoms with Gasteiger partial charge >= 0.3 is 0 Å². The summed E-state index contributed by atoms with van der Waals surface area (Å²) < 4.78 is 6.32. The Kier molecular flexibility index (Phi) is 5.65. The van der Waals surface area contributed by atoms with Crippen LogP contribution in [0.2, 0.25) is 0 Å². The van der Waals surface area contributed by atoms with Crippen LogP contribution in [0.25, 0.3) is 0 Å². The molecule has 0 saturated heterocycles. The maximum atomic E-state index is 5.18. The molecular formula is C17H21BrN2O. The van der Waals surface area contributed by atoms with E-state index in [9.17, 15) is 0 Å². The molecule has 0 fully saturated rings. The molecular weight excluding hydrogens is 328 g/mol. The van der Waals surface area contributed by atoms with Gasteiger partial charge in [-0.2, -0.15) is 0 Å². The van der Waals surface area contributed by atoms with Gasteiger partial charge in [0.2, 0.25) is 0 Å². The third kappa shape index (κ3) is 4.22. The molecule has 0 aliphatic rings. The van der Waals surface area contributed by atoms with E-state index < -0.39 is 0 Å². The highest BCUT2D eigenvalue weighted by atomic mass is 79.9. The Morgan fingerprint density at radius 1 is 1.14 bits per heavy atom. The number of methoxy groups -OCH3 is 1. The van der Waals surface area contributed by atoms with Crippen molar-refractivity contribution in [2.45, 2.75) is 13.1 Å². The largest absolute Gasteiger partial charge is 0.497 e. The van der Waals surface area contributed by atoms with Crippen LogP contribution in [0.4, 0.5) is 5.69 Å². The third-order valence-corrected chi connectivity index (χ3v) is 4.16. The fraction of sp³-hybridized carbons (Fsp3) is 0.294. The Bertz CT molecular complexity index is 584. The van der Waals surface area contributed by atoms with E-state index in [1.807, 2.05) is 19.2 Å². The first-order valence-corrected chi connectivity index (χ1v) is 7.70. The van der Waals surface area contributed by atoms with Gasteiger partial charge in [-0.1, -0.05) is 34.1 Å². The zero-order valence-corrected chi connectivity index (χ0v) is 14.3. The number of benzene rings is 2. The Morgan fingerprint density at radius 2 is 1.86 bits per heavy atom. The second-order valence-electron chi connectivity index (χ2n) is 5.01. The quantitative estimate of drug-likeness (QED) is 0.858. The molecule has 0 atom stereocenters. The Morgan fingerprint density at radius 3 is 2.43 bits per heavy atom. The minimum absolute atomic E-state index is 0.863. The van der Waals surface area contributed by atoms with Crippen LogP contribution in [-0.4, -0.2) is 21.2 Å². The van der Waals surface area contributed by atoms with Gasteiger partial charge in [-0.05, 0) is 42.4 Å². The molecule has 0 aromatic heterocycles. The molecule has 2 aromatic rings. The molecule has 0 bridgehead atoms. The summed E-state index contributed by atoms with van der Waals surface area (Å²) in [7, 11) is 5.74. The topological polar surface area (TPSA) is 24.5 Å². The first kappa shape index (κ1) is 15.9. The number of hydrogen-bond acceptors (Lipinski definition) is 3. The van der Waals surface area contributed by atoms with Gasteiger partial charge in [0.15, 0.2) is 0 Å². The van der Waals surface area contributed by atoms with Gasteiger partial charge in [0, 0.05) is 30.3 Å². The molecule has 0 aliphatic carbocycles. The van der Waals surface area contributed by atoms with Gasteiger partial charge < -0.3 is 15.0 Å². The molecule has 0 aliphatic heterocycles. The maximum absolute atomic E-state index is 5.18. The summed E-state index contributed by atoms with van der Waals surface area (Å²) in [4.78, 5) is 2.23. The van der Waals surface area contributed by atoms with E-state index in [0.717, 1.165) is 23.3 Å². The van der Waals surface area contributed by atoms with Crippen LogP contribution >= 0.6 is 15.9 Å². The molecule has 0 amide bonds. The Balaban J connectivity index is 2.08. The summed E-state index contributed by atoms with van der Waals surface area (Å²) in [5, 5.41) is 3.17. The van der Waals surface area contributed by atoms with Crippen molar-refractivity contribution in [3.63, 3.8) is 0 Å². The fourth-order valence-corrected chi connectivity index (χ4v) is 2.71. The average Bonchev–Trinajstić information content (AvgIpc) is 2.50. The normalized spacial score (nSPS) is 10.5. The van der Waals surface area contributed by atoms with Crippen LogP contribution in [0, 0.1) is 0 Å². The van der Waals surface area contributed by atoms with Crippen molar-refractivity contribution >= 4 is 21.6 Å². The molecule has 0 spiro atoms. The minimum Gasteiger partial charge on any atom is -0.497 e. The predicted octanol–water partition coefficient (Wildman–Crippen LogP) is 3.81. The van der Waals surface area contributed by atoms with E-state index >= 15 is 0 Å². The SMILES string of the molecule is CNCc1ccc(N(C)Cc2ccc(OC)cc2)cc1Br. The van der Waals surface area contributed by atoms with Crippen LogP contribution in [0.5, 0.6) is 5.75 Å². The highest BCUT2D eigenvalue weighted by Gasteiger charge is 2.06. The van der Waals surface area contributed by atoms with Crippen LogP contribution in [0.3, 0.4) is 0 Å². The van der Waals surface area contributed by atoms with Crippen molar-refractivity contribution in [1.29, 1.82) is 0 Å². The van der Waals surface area contributed by atoms with Crippen LogP contribution in [0.15, 0.2) is 46.9 Å². The summed E-state index contributed by atoms with van der Waals surface area (Å²) >= 11 is 3.64. The fourth-order valence-electron chi connectivity index (χ4n) is 2.20. The lowest BCUT2D eigenvalue weighted by Gasteiger charge is -2.20. The molecule has 21 heavy (non-hydrogen) atoms. The van der Waals surface area contributed by atoms with E-state index in [1.165, 1.54) is 16.8 Å². The highest BCUT2D eigenvalue weighted by Crippen LogP contribution is 2.25. The first-order chi connectivity index (χ1) is 10.1. The van der Waals surface area contributed by atoms with Gasteiger partial charge in [0.1, 0.15) is 5.75 Å². The number of nitrogens with zero attached hydrogens (tertiary/aromatic N) is 1. The van der Waals surface area contributed by atoms with Crippen molar-refractivity contribution in [2.75, 3.05) is 26.1 Å². The average molecular weight is 349 g/mol. The van der Waals surface area contributed by atoms with Gasteiger partial charge in [0.25, 0.3) is 0 Å². The Hall–Kier alpha value is -1.52. The standard InChI is InChI=1S/C17H21BrN2O/c1-19-11-14-6-7-15(10-17(14)18)20(2)12-13-4-8-16(21-3)9-5-13/h4-10,19H,11-12H2,1-3H3. The van der Waals surface area contributed by atoms with Crippen molar-refractivity contribution in [3.05, 3.63) is 58.1 Å². The molecule has 0 heterocycles. The summed E-state index contributed by atoms with van der Waals surface area (Å²) in [6.07, 6.45) is 0. The van der Waals surface area contributed by atoms with Crippen LogP contribution in [-0.2, 0) is 13.1 Å². The van der Waals surface area contributed by atoms with Gasteiger partial charge in [-0.15, -0.1) is 0 Å². The molecule has 0 saturated carbocycles. The van der Waals surface area contributed by atoms with Crippen molar-refractivity contribution in [1.82, 2.24) is 5.32 Å². The lowest BCUT2D eigenvalue weighted by atomic mass is 10.1. The zero-order chi connectivity index (χ0) is 15.2. The number of rotatable bonds is 6. The summed E-state index contributed by atoms with van der Waals surface area (Å²) in [6, 6.07) is 14.7. The van der Waals surface area contributed by atoms with Gasteiger partial charge in [-0.3, -0.25) is 0 Å². The number of anilines is 1. The summed E-state index contributed by atoms with van der Waals surface area (Å²) in [5.74, 6) is 0.889. The van der Waals surface area contributed by atoms with E-state index in [0.29, 0.717) is 0 Å².